The minimum Gasteiger partial charge on any atom is -0.453 e. The number of carbonyl (C=O) groups is 1. The number of halogens is 2. The van der Waals surface area contributed by atoms with Gasteiger partial charge in [-0.05, 0) is 53.1 Å². The first-order valence-electron chi connectivity index (χ1n) is 10.4. The Labute approximate surface area is 198 Å². The number of hydrogen-bond donors (Lipinski definition) is 2. The maximum absolute atomic E-state index is 14.8. The van der Waals surface area contributed by atoms with Gasteiger partial charge in [0.2, 0.25) is 0 Å². The second-order valence-corrected chi connectivity index (χ2v) is 8.31. The fourth-order valence-electron chi connectivity index (χ4n) is 4.01. The predicted octanol–water partition coefficient (Wildman–Crippen LogP) is 4.92. The fraction of sp³-hybridized carbons (Fsp3) is 0.120. The first-order chi connectivity index (χ1) is 16.4. The summed E-state index contributed by atoms with van der Waals surface area (Å²) >= 11 is 6.13. The molecular formula is C25H18ClFN4O3. The minimum atomic E-state index is -0.588. The standard InChI is InChI=1S/C25H18ClFN4O3/c1-34-25(33)29-23-11-15-4-3-14(10-21(15)28-23)18-8-13(2-7-20(18)27)9-22-19-12-16(26)5-6-17(19)24(32)31-30-22/h2-8,10,12H,9,11H2,1H3,(H,31,32)(H,28,29,33). The number of carbonyl (C=O) groups excluding carboxylic acids is 1. The summed E-state index contributed by atoms with van der Waals surface area (Å²) in [5, 5.41) is 10.9. The molecule has 0 bridgehead atoms. The molecule has 0 saturated carbocycles. The summed E-state index contributed by atoms with van der Waals surface area (Å²) in [4.78, 5) is 28.0. The zero-order valence-electron chi connectivity index (χ0n) is 18.0. The number of benzene rings is 3. The monoisotopic (exact) mass is 476 g/mol. The number of methoxy groups -OCH3 is 1. The van der Waals surface area contributed by atoms with E-state index in [-0.39, 0.29) is 11.4 Å². The molecule has 1 aromatic heterocycles. The maximum Gasteiger partial charge on any atom is 0.412 e. The van der Waals surface area contributed by atoms with E-state index in [4.69, 9.17) is 11.6 Å². The lowest BCUT2D eigenvalue weighted by atomic mass is 9.97. The van der Waals surface area contributed by atoms with Gasteiger partial charge in [0.1, 0.15) is 11.7 Å². The van der Waals surface area contributed by atoms with Crippen molar-refractivity contribution >= 4 is 40.0 Å². The van der Waals surface area contributed by atoms with Crippen molar-refractivity contribution in [3.8, 4) is 11.1 Å². The van der Waals surface area contributed by atoms with Gasteiger partial charge in [-0.1, -0.05) is 29.8 Å². The summed E-state index contributed by atoms with van der Waals surface area (Å²) in [5.74, 6) is 0.101. The van der Waals surface area contributed by atoms with Gasteiger partial charge in [-0.25, -0.2) is 19.3 Å². The van der Waals surface area contributed by atoms with Crippen molar-refractivity contribution in [2.24, 2.45) is 4.99 Å². The number of fused-ring (bicyclic) bond motifs is 2. The molecular weight excluding hydrogens is 459 g/mol. The number of aliphatic imine (C=N–C) groups is 1. The van der Waals surface area contributed by atoms with E-state index >= 15 is 0 Å². The van der Waals surface area contributed by atoms with Gasteiger partial charge >= 0.3 is 6.09 Å². The van der Waals surface area contributed by atoms with Crippen molar-refractivity contribution in [2.45, 2.75) is 12.8 Å². The number of aromatic nitrogens is 2. The lowest BCUT2D eigenvalue weighted by Crippen LogP contribution is -2.30. The van der Waals surface area contributed by atoms with E-state index in [1.54, 1.807) is 36.4 Å². The van der Waals surface area contributed by atoms with Crippen molar-refractivity contribution in [2.75, 3.05) is 7.11 Å². The van der Waals surface area contributed by atoms with Crippen LogP contribution < -0.4 is 10.9 Å². The first kappa shape index (κ1) is 21.8. The first-order valence-corrected chi connectivity index (χ1v) is 10.8. The Bertz CT molecular complexity index is 1550. The average Bonchev–Trinajstić information content (AvgIpc) is 3.23. The summed E-state index contributed by atoms with van der Waals surface area (Å²) in [7, 11) is 1.28. The van der Waals surface area contributed by atoms with Gasteiger partial charge in [0, 0.05) is 28.8 Å². The van der Waals surface area contributed by atoms with E-state index in [0.717, 1.165) is 11.1 Å². The van der Waals surface area contributed by atoms with Crippen LogP contribution in [0.2, 0.25) is 5.02 Å². The van der Waals surface area contributed by atoms with Gasteiger partial charge < -0.3 is 4.74 Å². The Morgan fingerprint density at radius 3 is 2.82 bits per heavy atom. The zero-order chi connectivity index (χ0) is 23.8. The molecule has 9 heteroatoms. The highest BCUT2D eigenvalue weighted by Crippen LogP contribution is 2.33. The SMILES string of the molecule is COC(=O)NC1=Nc2cc(-c3cc(Cc4n[nH]c(=O)c5ccc(Cl)cc45)ccc3F)ccc2C1. The molecule has 0 saturated heterocycles. The zero-order valence-corrected chi connectivity index (χ0v) is 18.7. The Hall–Kier alpha value is -4.04. The van der Waals surface area contributed by atoms with Crippen LogP contribution in [0.1, 0.15) is 16.8 Å². The molecule has 1 aliphatic heterocycles. The third-order valence-corrected chi connectivity index (χ3v) is 5.91. The molecule has 0 radical (unpaired) electrons. The summed E-state index contributed by atoms with van der Waals surface area (Å²) < 4.78 is 19.4. The molecule has 0 unspecified atom stereocenters. The molecule has 2 heterocycles. The molecule has 34 heavy (non-hydrogen) atoms. The van der Waals surface area contributed by atoms with Crippen molar-refractivity contribution in [3.05, 3.63) is 92.6 Å². The third kappa shape index (κ3) is 4.15. The van der Waals surface area contributed by atoms with Crippen LogP contribution in [-0.2, 0) is 17.6 Å². The molecule has 4 aromatic rings. The largest absolute Gasteiger partial charge is 0.453 e. The number of nitrogens with zero attached hydrogens (tertiary/aromatic N) is 2. The van der Waals surface area contributed by atoms with Gasteiger partial charge in [-0.3, -0.25) is 10.1 Å². The van der Waals surface area contributed by atoms with Crippen LogP contribution in [0.25, 0.3) is 21.9 Å². The number of amides is 1. The van der Waals surface area contributed by atoms with Crippen LogP contribution in [0.15, 0.2) is 64.4 Å². The Balaban J connectivity index is 1.49. The Morgan fingerprint density at radius 1 is 1.15 bits per heavy atom. The molecule has 0 aliphatic carbocycles. The van der Waals surface area contributed by atoms with E-state index in [9.17, 15) is 14.0 Å². The number of nitrogens with one attached hydrogen (secondary N) is 2. The van der Waals surface area contributed by atoms with Gasteiger partial charge in [0.15, 0.2) is 0 Å². The highest BCUT2D eigenvalue weighted by molar-refractivity contribution is 6.31. The lowest BCUT2D eigenvalue weighted by Gasteiger charge is -2.10. The molecule has 0 fully saturated rings. The van der Waals surface area contributed by atoms with Gasteiger partial charge in [-0.15, -0.1) is 0 Å². The molecule has 3 aromatic carbocycles. The Kier molecular flexibility index (Phi) is 5.59. The van der Waals surface area contributed by atoms with Crippen molar-refractivity contribution in [1.82, 2.24) is 15.5 Å². The van der Waals surface area contributed by atoms with Crippen molar-refractivity contribution in [1.29, 1.82) is 0 Å². The molecule has 2 N–H and O–H groups in total. The molecule has 0 atom stereocenters. The topological polar surface area (TPSA) is 96.4 Å². The maximum atomic E-state index is 14.8. The van der Waals surface area contributed by atoms with E-state index in [0.29, 0.717) is 57.0 Å². The number of amidine groups is 1. The predicted molar refractivity (Wildman–Crippen MR) is 128 cm³/mol. The minimum absolute atomic E-state index is 0.296. The normalized spacial score (nSPS) is 12.4. The van der Waals surface area contributed by atoms with Gasteiger partial charge in [0.25, 0.3) is 5.56 Å². The van der Waals surface area contributed by atoms with Gasteiger partial charge in [-0.2, -0.15) is 5.10 Å². The van der Waals surface area contributed by atoms with Crippen LogP contribution in [0.4, 0.5) is 14.9 Å². The van der Waals surface area contributed by atoms with E-state index in [1.807, 2.05) is 12.1 Å². The molecule has 5 rings (SSSR count). The summed E-state index contributed by atoms with van der Waals surface area (Å²) in [6, 6.07) is 15.3. The second kappa shape index (κ2) is 8.72. The van der Waals surface area contributed by atoms with Crippen LogP contribution in [0, 0.1) is 5.82 Å². The summed E-state index contributed by atoms with van der Waals surface area (Å²) in [6.45, 7) is 0. The number of ether oxygens (including phenoxy) is 1. The highest BCUT2D eigenvalue weighted by atomic mass is 35.5. The molecule has 1 amide bonds. The van der Waals surface area contributed by atoms with Crippen LogP contribution in [0.3, 0.4) is 0 Å². The second-order valence-electron chi connectivity index (χ2n) is 7.88. The number of alkyl carbamates (subject to hydrolysis) is 1. The van der Waals surface area contributed by atoms with Crippen molar-refractivity contribution in [3.63, 3.8) is 0 Å². The number of hydrogen-bond acceptors (Lipinski definition) is 5. The molecule has 170 valence electrons. The smallest absolute Gasteiger partial charge is 0.412 e. The number of aromatic amines is 1. The lowest BCUT2D eigenvalue weighted by molar-refractivity contribution is 0.176. The average molecular weight is 477 g/mol. The van der Waals surface area contributed by atoms with Gasteiger partial charge in [0.05, 0.1) is 23.9 Å². The van der Waals surface area contributed by atoms with E-state index < -0.39 is 6.09 Å². The van der Waals surface area contributed by atoms with Crippen molar-refractivity contribution < 1.29 is 13.9 Å². The van der Waals surface area contributed by atoms with Crippen LogP contribution >= 0.6 is 11.6 Å². The number of rotatable bonds is 3. The van der Waals surface area contributed by atoms with E-state index in [2.05, 4.69) is 25.2 Å². The quantitative estimate of drug-likeness (QED) is 0.439. The Morgan fingerprint density at radius 2 is 2.00 bits per heavy atom. The highest BCUT2D eigenvalue weighted by Gasteiger charge is 2.18. The molecule has 1 aliphatic rings. The van der Waals surface area contributed by atoms with Crippen LogP contribution in [0.5, 0.6) is 0 Å². The fourth-order valence-corrected chi connectivity index (χ4v) is 4.19. The molecule has 7 nitrogen and oxygen atoms in total. The summed E-state index contributed by atoms with van der Waals surface area (Å²) in [6.07, 6.45) is 0.244. The number of H-pyrrole nitrogens is 1. The van der Waals surface area contributed by atoms with Crippen LogP contribution in [-0.4, -0.2) is 29.2 Å². The van der Waals surface area contributed by atoms with E-state index in [1.165, 1.54) is 13.2 Å². The molecule has 0 spiro atoms. The third-order valence-electron chi connectivity index (χ3n) is 5.67. The summed E-state index contributed by atoms with van der Waals surface area (Å²) in [5.41, 5.74) is 3.81.